The van der Waals surface area contributed by atoms with Crippen molar-refractivity contribution < 1.29 is 9.53 Å². The average molecular weight is 280 g/mol. The lowest BCUT2D eigenvalue weighted by Crippen LogP contribution is -2.08. The molecule has 0 amide bonds. The molecule has 0 bridgehead atoms. The highest BCUT2D eigenvalue weighted by atomic mass is 35.6. The molecule has 0 saturated heterocycles. The molecule has 0 radical (unpaired) electrons. The van der Waals surface area contributed by atoms with Gasteiger partial charge in [-0.3, -0.25) is 0 Å². The summed E-state index contributed by atoms with van der Waals surface area (Å²) in [5.74, 6) is -0.675. The Kier molecular flexibility index (Phi) is 6.96. The SMILES string of the molecule is CCCCOC(=O)C(Cl)=CC(Cl)(Cl)Cl. The highest BCUT2D eigenvalue weighted by Gasteiger charge is 2.20. The topological polar surface area (TPSA) is 26.3 Å². The predicted octanol–water partition coefficient (Wildman–Crippen LogP) is 3.82. The van der Waals surface area contributed by atoms with Crippen molar-refractivity contribution in [2.24, 2.45) is 0 Å². The van der Waals surface area contributed by atoms with E-state index in [0.29, 0.717) is 6.61 Å². The molecule has 0 spiro atoms. The second-order valence-electron chi connectivity index (χ2n) is 2.52. The van der Waals surface area contributed by atoms with Gasteiger partial charge in [0.1, 0.15) is 5.03 Å². The van der Waals surface area contributed by atoms with E-state index in [1.54, 1.807) is 0 Å². The quantitative estimate of drug-likeness (QED) is 0.338. The number of carbonyl (C=O) groups excluding carboxylic acids is 1. The smallest absolute Gasteiger partial charge is 0.349 e. The van der Waals surface area contributed by atoms with Crippen LogP contribution in [0.5, 0.6) is 0 Å². The summed E-state index contributed by atoms with van der Waals surface area (Å²) in [5.41, 5.74) is 0. The van der Waals surface area contributed by atoms with Gasteiger partial charge >= 0.3 is 5.97 Å². The molecule has 0 unspecified atom stereocenters. The van der Waals surface area contributed by atoms with Crippen molar-refractivity contribution in [2.75, 3.05) is 6.61 Å². The molecule has 0 heterocycles. The van der Waals surface area contributed by atoms with Crippen LogP contribution in [0, 0.1) is 0 Å². The van der Waals surface area contributed by atoms with Gasteiger partial charge in [0.15, 0.2) is 0 Å². The molecule has 14 heavy (non-hydrogen) atoms. The minimum Gasteiger partial charge on any atom is -0.461 e. The summed E-state index contributed by atoms with van der Waals surface area (Å²) in [5, 5.41) is -0.221. The molecule has 0 rings (SSSR count). The van der Waals surface area contributed by atoms with Crippen molar-refractivity contribution >= 4 is 52.4 Å². The lowest BCUT2D eigenvalue weighted by molar-refractivity contribution is -0.138. The third kappa shape index (κ3) is 7.74. The second kappa shape index (κ2) is 6.78. The van der Waals surface area contributed by atoms with Crippen molar-refractivity contribution in [1.29, 1.82) is 0 Å². The van der Waals surface area contributed by atoms with E-state index in [0.717, 1.165) is 18.9 Å². The molecule has 0 aliphatic rings. The van der Waals surface area contributed by atoms with Gasteiger partial charge in [-0.2, -0.15) is 0 Å². The zero-order valence-corrected chi connectivity index (χ0v) is 10.6. The van der Waals surface area contributed by atoms with Crippen LogP contribution in [0.25, 0.3) is 0 Å². The highest BCUT2D eigenvalue weighted by Crippen LogP contribution is 2.29. The van der Waals surface area contributed by atoms with Crippen molar-refractivity contribution in [3.63, 3.8) is 0 Å². The molecule has 0 aliphatic carbocycles. The van der Waals surface area contributed by atoms with Gasteiger partial charge in [-0.05, 0) is 12.5 Å². The normalized spacial score (nSPS) is 12.8. The number of hydrogen-bond acceptors (Lipinski definition) is 2. The van der Waals surface area contributed by atoms with Crippen LogP contribution in [0.3, 0.4) is 0 Å². The molecule has 0 aromatic heterocycles. The maximum Gasteiger partial charge on any atom is 0.349 e. The Labute approximate surface area is 103 Å². The second-order valence-corrected chi connectivity index (χ2v) is 5.30. The maximum atomic E-state index is 11.1. The van der Waals surface area contributed by atoms with Crippen LogP contribution in [0.4, 0.5) is 0 Å². The third-order valence-electron chi connectivity index (χ3n) is 1.22. The van der Waals surface area contributed by atoms with Gasteiger partial charge in [-0.25, -0.2) is 4.79 Å². The van der Waals surface area contributed by atoms with E-state index >= 15 is 0 Å². The van der Waals surface area contributed by atoms with E-state index < -0.39 is 9.76 Å². The summed E-state index contributed by atoms with van der Waals surface area (Å²) in [7, 11) is 0. The Bertz CT molecular complexity index is 220. The third-order valence-corrected chi connectivity index (χ3v) is 1.81. The molecule has 0 aromatic carbocycles. The minimum absolute atomic E-state index is 0.221. The van der Waals surface area contributed by atoms with Crippen molar-refractivity contribution in [3.8, 4) is 0 Å². The van der Waals surface area contributed by atoms with Gasteiger partial charge in [-0.15, -0.1) is 0 Å². The Morgan fingerprint density at radius 1 is 1.43 bits per heavy atom. The van der Waals surface area contributed by atoms with E-state index in [2.05, 4.69) is 0 Å². The number of alkyl halides is 3. The van der Waals surface area contributed by atoms with Crippen LogP contribution in [0.2, 0.25) is 0 Å². The van der Waals surface area contributed by atoms with Crippen LogP contribution in [-0.4, -0.2) is 16.4 Å². The molecular weight excluding hydrogens is 270 g/mol. The van der Waals surface area contributed by atoms with E-state index in [1.165, 1.54) is 0 Å². The van der Waals surface area contributed by atoms with E-state index in [1.807, 2.05) is 6.92 Å². The summed E-state index contributed by atoms with van der Waals surface area (Å²) in [6, 6.07) is 0. The number of halogens is 4. The molecule has 0 N–H and O–H groups in total. The first-order chi connectivity index (χ1) is 6.37. The number of unbranched alkanes of at least 4 members (excludes halogenated alkanes) is 1. The Morgan fingerprint density at radius 2 is 2.00 bits per heavy atom. The maximum absolute atomic E-state index is 11.1. The van der Waals surface area contributed by atoms with Gasteiger partial charge in [0.05, 0.1) is 6.61 Å². The molecule has 0 saturated carbocycles. The molecule has 0 atom stereocenters. The summed E-state index contributed by atoms with van der Waals surface area (Å²) >= 11 is 21.7. The van der Waals surface area contributed by atoms with Gasteiger partial charge in [0, 0.05) is 0 Å². The molecule has 0 aromatic rings. The van der Waals surface area contributed by atoms with Crippen LogP contribution < -0.4 is 0 Å². The molecule has 6 heteroatoms. The average Bonchev–Trinajstić information content (AvgIpc) is 2.01. The van der Waals surface area contributed by atoms with Gasteiger partial charge in [0.2, 0.25) is 3.79 Å². The molecular formula is C8H10Cl4O2. The fourth-order valence-corrected chi connectivity index (χ4v) is 1.29. The van der Waals surface area contributed by atoms with Crippen LogP contribution >= 0.6 is 46.4 Å². The van der Waals surface area contributed by atoms with E-state index in [9.17, 15) is 4.79 Å². The van der Waals surface area contributed by atoms with E-state index in [-0.39, 0.29) is 5.03 Å². The number of allylic oxidation sites excluding steroid dienone is 1. The first kappa shape index (κ1) is 14.4. The fourth-order valence-electron chi connectivity index (χ4n) is 0.581. The van der Waals surface area contributed by atoms with Crippen molar-refractivity contribution in [1.82, 2.24) is 0 Å². The standard InChI is InChI=1S/C8H10Cl4O2/c1-2-3-4-14-7(13)6(9)5-8(10,11)12/h5H,2-4H2,1H3. The molecule has 2 nitrogen and oxygen atoms in total. The van der Waals surface area contributed by atoms with Gasteiger partial charge in [0.25, 0.3) is 0 Å². The number of rotatable bonds is 4. The zero-order chi connectivity index (χ0) is 11.2. The van der Waals surface area contributed by atoms with Crippen LogP contribution in [0.15, 0.2) is 11.1 Å². The number of ether oxygens (including phenoxy) is 1. The molecule has 0 fully saturated rings. The first-order valence-corrected chi connectivity index (χ1v) is 5.50. The largest absolute Gasteiger partial charge is 0.461 e. The van der Waals surface area contributed by atoms with Crippen molar-refractivity contribution in [3.05, 3.63) is 11.1 Å². The monoisotopic (exact) mass is 278 g/mol. The zero-order valence-electron chi connectivity index (χ0n) is 7.53. The Hall–Kier alpha value is 0.370. The summed E-state index contributed by atoms with van der Waals surface area (Å²) in [6.07, 6.45) is 2.72. The number of hydrogen-bond donors (Lipinski definition) is 0. The summed E-state index contributed by atoms with van der Waals surface area (Å²) in [4.78, 5) is 11.1. The van der Waals surface area contributed by atoms with E-state index in [4.69, 9.17) is 51.1 Å². The highest BCUT2D eigenvalue weighted by molar-refractivity contribution is 6.69. The van der Waals surface area contributed by atoms with Crippen molar-refractivity contribution in [2.45, 2.75) is 23.6 Å². The van der Waals surface area contributed by atoms with Crippen LogP contribution in [0.1, 0.15) is 19.8 Å². The molecule has 82 valence electrons. The lowest BCUT2D eigenvalue weighted by atomic mass is 10.4. The lowest BCUT2D eigenvalue weighted by Gasteiger charge is -2.06. The Morgan fingerprint density at radius 3 is 2.43 bits per heavy atom. The minimum atomic E-state index is -1.68. The van der Waals surface area contributed by atoms with Gasteiger partial charge in [-0.1, -0.05) is 59.7 Å². The molecule has 0 aliphatic heterocycles. The number of carbonyl (C=O) groups is 1. The summed E-state index contributed by atoms with van der Waals surface area (Å²) < 4.78 is 3.10. The predicted molar refractivity (Wildman–Crippen MR) is 60.1 cm³/mol. The summed E-state index contributed by atoms with van der Waals surface area (Å²) in [6.45, 7) is 2.30. The fraction of sp³-hybridized carbons (Fsp3) is 0.625. The van der Waals surface area contributed by atoms with Crippen LogP contribution in [-0.2, 0) is 9.53 Å². The number of esters is 1. The Balaban J connectivity index is 4.06. The van der Waals surface area contributed by atoms with Gasteiger partial charge < -0.3 is 4.74 Å². The first-order valence-electron chi connectivity index (χ1n) is 3.99.